The van der Waals surface area contributed by atoms with Gasteiger partial charge in [0.05, 0.1) is 13.0 Å². The van der Waals surface area contributed by atoms with Crippen molar-refractivity contribution in [3.63, 3.8) is 0 Å². The molecule has 1 saturated heterocycles. The van der Waals surface area contributed by atoms with E-state index >= 15 is 0 Å². The van der Waals surface area contributed by atoms with E-state index < -0.39 is 24.5 Å². The Bertz CT molecular complexity index is 663. The number of ether oxygens (including phenoxy) is 1. The van der Waals surface area contributed by atoms with Crippen LogP contribution in [-0.2, 0) is 16.9 Å². The quantitative estimate of drug-likeness (QED) is 0.827. The zero-order chi connectivity index (χ0) is 16.3. The molecule has 0 aliphatic carbocycles. The lowest BCUT2D eigenvalue weighted by Crippen LogP contribution is -2.34. The predicted molar refractivity (Wildman–Crippen MR) is 82.1 cm³/mol. The summed E-state index contributed by atoms with van der Waals surface area (Å²) < 4.78 is 31.6. The molecule has 5 heteroatoms. The fraction of sp³-hybridized carbons (Fsp3) is 0.278. The lowest BCUT2D eigenvalue weighted by Gasteiger charge is -2.27. The lowest BCUT2D eigenvalue weighted by atomic mass is 9.90. The number of hydrogen-bond acceptors (Lipinski definition) is 2. The van der Waals surface area contributed by atoms with E-state index in [9.17, 15) is 13.6 Å². The topological polar surface area (TPSA) is 29.5 Å². The summed E-state index contributed by atoms with van der Waals surface area (Å²) in [7, 11) is 0. The van der Waals surface area contributed by atoms with Crippen LogP contribution in [0.1, 0.15) is 17.5 Å². The first-order valence-electron chi connectivity index (χ1n) is 7.45. The fourth-order valence-corrected chi connectivity index (χ4v) is 2.93. The van der Waals surface area contributed by atoms with Gasteiger partial charge in [-0.2, -0.15) is 0 Å². The molecule has 1 fully saturated rings. The molecule has 0 spiro atoms. The highest BCUT2D eigenvalue weighted by atomic mass is 19.3. The van der Waals surface area contributed by atoms with Crippen molar-refractivity contribution in [1.29, 1.82) is 0 Å². The van der Waals surface area contributed by atoms with Gasteiger partial charge in [0.25, 0.3) is 0 Å². The van der Waals surface area contributed by atoms with E-state index in [1.165, 1.54) is 4.90 Å². The summed E-state index contributed by atoms with van der Waals surface area (Å²) in [6.07, 6.45) is -3.62. The van der Waals surface area contributed by atoms with E-state index in [0.717, 1.165) is 5.56 Å². The van der Waals surface area contributed by atoms with Crippen LogP contribution < -0.4 is 0 Å². The van der Waals surface area contributed by atoms with Crippen molar-refractivity contribution in [3.8, 4) is 0 Å². The molecular weight excluding hydrogens is 300 g/mol. The molecule has 2 aromatic carbocycles. The Morgan fingerprint density at radius 3 is 2.26 bits per heavy atom. The first kappa shape index (κ1) is 15.5. The van der Waals surface area contributed by atoms with Crippen LogP contribution in [0.15, 0.2) is 60.7 Å². The van der Waals surface area contributed by atoms with Gasteiger partial charge in [0.2, 0.25) is 6.43 Å². The molecule has 0 radical (unpaired) electrons. The van der Waals surface area contributed by atoms with Crippen LogP contribution >= 0.6 is 0 Å². The van der Waals surface area contributed by atoms with E-state index in [4.69, 9.17) is 4.74 Å². The second kappa shape index (κ2) is 6.36. The van der Waals surface area contributed by atoms with E-state index in [2.05, 4.69) is 0 Å². The Hall–Kier alpha value is -2.43. The molecule has 0 saturated carbocycles. The minimum Gasteiger partial charge on any atom is -0.436 e. The summed E-state index contributed by atoms with van der Waals surface area (Å²) in [5, 5.41) is 0. The molecule has 1 amide bonds. The van der Waals surface area contributed by atoms with Gasteiger partial charge in [0, 0.05) is 6.54 Å². The maximum atomic E-state index is 13.1. The average molecular weight is 317 g/mol. The number of benzene rings is 2. The molecule has 23 heavy (non-hydrogen) atoms. The van der Waals surface area contributed by atoms with Crippen molar-refractivity contribution in [2.24, 2.45) is 0 Å². The number of alkyl halides is 2. The maximum absolute atomic E-state index is 13.1. The number of nitrogens with zero attached hydrogens (tertiary/aromatic N) is 1. The van der Waals surface area contributed by atoms with Crippen molar-refractivity contribution in [1.82, 2.24) is 4.90 Å². The van der Waals surface area contributed by atoms with E-state index in [1.807, 2.05) is 30.3 Å². The Balaban J connectivity index is 1.86. The van der Waals surface area contributed by atoms with Crippen LogP contribution in [-0.4, -0.2) is 24.0 Å². The Morgan fingerprint density at radius 2 is 1.65 bits per heavy atom. The van der Waals surface area contributed by atoms with E-state index in [-0.39, 0.29) is 6.54 Å². The summed E-state index contributed by atoms with van der Waals surface area (Å²) in [5.41, 5.74) is 0.246. The highest BCUT2D eigenvalue weighted by molar-refractivity contribution is 5.71. The van der Waals surface area contributed by atoms with Crippen molar-refractivity contribution < 1.29 is 18.3 Å². The maximum Gasteiger partial charge on any atom is 0.411 e. The Labute approximate surface area is 133 Å². The SMILES string of the molecule is O=C1OC(CC(F)F)(c2ccccc2)CN1Cc1ccccc1. The minimum atomic E-state index is -2.56. The molecule has 3 nitrogen and oxygen atoms in total. The smallest absolute Gasteiger partial charge is 0.411 e. The average Bonchev–Trinajstić information content (AvgIpc) is 2.85. The van der Waals surface area contributed by atoms with Crippen LogP contribution in [0.25, 0.3) is 0 Å². The molecule has 1 heterocycles. The predicted octanol–water partition coefficient (Wildman–Crippen LogP) is 4.19. The fourth-order valence-electron chi connectivity index (χ4n) is 2.93. The van der Waals surface area contributed by atoms with Crippen LogP contribution in [0, 0.1) is 0 Å². The second-order valence-corrected chi connectivity index (χ2v) is 5.67. The van der Waals surface area contributed by atoms with Gasteiger partial charge >= 0.3 is 6.09 Å². The molecule has 0 N–H and O–H groups in total. The Kier molecular flexibility index (Phi) is 4.28. The van der Waals surface area contributed by atoms with Gasteiger partial charge in [-0.15, -0.1) is 0 Å². The van der Waals surface area contributed by atoms with Gasteiger partial charge in [-0.25, -0.2) is 13.6 Å². The molecule has 1 aliphatic heterocycles. The number of amides is 1. The van der Waals surface area contributed by atoms with Gasteiger partial charge in [0.1, 0.15) is 0 Å². The van der Waals surface area contributed by atoms with Crippen molar-refractivity contribution in [2.45, 2.75) is 25.0 Å². The first-order valence-corrected chi connectivity index (χ1v) is 7.45. The third kappa shape index (κ3) is 3.33. The number of carbonyl (C=O) groups is 1. The second-order valence-electron chi connectivity index (χ2n) is 5.67. The van der Waals surface area contributed by atoms with Crippen LogP contribution in [0.5, 0.6) is 0 Å². The lowest BCUT2D eigenvalue weighted by molar-refractivity contribution is -0.00632. The van der Waals surface area contributed by atoms with E-state index in [0.29, 0.717) is 12.1 Å². The van der Waals surface area contributed by atoms with E-state index in [1.54, 1.807) is 30.3 Å². The van der Waals surface area contributed by atoms with Crippen molar-refractivity contribution >= 4 is 6.09 Å². The highest BCUT2D eigenvalue weighted by Gasteiger charge is 2.48. The molecule has 3 rings (SSSR count). The van der Waals surface area contributed by atoms with Crippen LogP contribution in [0.3, 0.4) is 0 Å². The first-order chi connectivity index (χ1) is 11.1. The summed E-state index contributed by atoms with van der Waals surface area (Å²) in [6.45, 7) is 0.465. The minimum absolute atomic E-state index is 0.120. The molecule has 1 unspecified atom stereocenters. The molecule has 120 valence electrons. The number of halogens is 2. The molecule has 0 aromatic heterocycles. The molecule has 2 aromatic rings. The Morgan fingerprint density at radius 1 is 1.04 bits per heavy atom. The van der Waals surface area contributed by atoms with Crippen molar-refractivity contribution in [3.05, 3.63) is 71.8 Å². The molecule has 0 bridgehead atoms. The number of hydrogen-bond donors (Lipinski definition) is 0. The van der Waals surface area contributed by atoms with Gasteiger partial charge in [-0.05, 0) is 11.1 Å². The molecule has 1 aliphatic rings. The largest absolute Gasteiger partial charge is 0.436 e. The number of rotatable bonds is 5. The normalized spacial score (nSPS) is 20.8. The summed E-state index contributed by atoms with van der Waals surface area (Å²) in [5.74, 6) is 0. The number of cyclic esters (lactones) is 1. The third-order valence-electron chi connectivity index (χ3n) is 3.99. The highest BCUT2D eigenvalue weighted by Crippen LogP contribution is 2.38. The third-order valence-corrected chi connectivity index (χ3v) is 3.99. The van der Waals surface area contributed by atoms with Gasteiger partial charge < -0.3 is 4.74 Å². The van der Waals surface area contributed by atoms with Gasteiger partial charge in [-0.1, -0.05) is 60.7 Å². The van der Waals surface area contributed by atoms with Crippen molar-refractivity contribution in [2.75, 3.05) is 6.54 Å². The van der Waals surface area contributed by atoms with Gasteiger partial charge in [0.15, 0.2) is 5.60 Å². The zero-order valence-electron chi connectivity index (χ0n) is 12.5. The standard InChI is InChI=1S/C18H17F2NO2/c19-16(20)11-18(15-9-5-2-6-10-15)13-21(17(22)23-18)12-14-7-3-1-4-8-14/h1-10,16H,11-13H2. The summed E-state index contributed by atoms with van der Waals surface area (Å²) in [4.78, 5) is 13.7. The molecular formula is C18H17F2NO2. The zero-order valence-corrected chi connectivity index (χ0v) is 12.5. The van der Waals surface area contributed by atoms with Crippen LogP contribution in [0.4, 0.5) is 13.6 Å². The number of carbonyl (C=O) groups excluding carboxylic acids is 1. The monoisotopic (exact) mass is 317 g/mol. The van der Waals surface area contributed by atoms with Gasteiger partial charge in [-0.3, -0.25) is 4.90 Å². The molecule has 1 atom stereocenters. The van der Waals surface area contributed by atoms with Crippen LogP contribution in [0.2, 0.25) is 0 Å². The summed E-state index contributed by atoms with van der Waals surface area (Å²) in [6, 6.07) is 18.2. The summed E-state index contributed by atoms with van der Waals surface area (Å²) >= 11 is 0.